The molecule has 0 fully saturated rings. The molecule has 1 amide bonds. The largest absolute Gasteiger partial charge is 0.463 e. The highest BCUT2D eigenvalue weighted by molar-refractivity contribution is 7.85. The van der Waals surface area contributed by atoms with Crippen LogP contribution in [0.1, 0.15) is 64.4 Å². The Kier molecular flexibility index (Phi) is 20.8. The van der Waals surface area contributed by atoms with Gasteiger partial charge in [-0.2, -0.15) is 8.42 Å². The Morgan fingerprint density at radius 1 is 0.765 bits per heavy atom. The van der Waals surface area contributed by atoms with Crippen molar-refractivity contribution in [3.05, 3.63) is 29.8 Å². The average molecular weight is 718 g/mol. The number of carbonyl (C=O) groups excluding carboxylic acids is 4. The van der Waals surface area contributed by atoms with E-state index in [1.807, 2.05) is 6.92 Å². The van der Waals surface area contributed by atoms with Gasteiger partial charge in [0, 0.05) is 49.1 Å². The molecule has 2 N–H and O–H groups in total. The van der Waals surface area contributed by atoms with Crippen molar-refractivity contribution < 1.29 is 51.5 Å². The number of nitrogens with zero attached hydrogens (tertiary/aromatic N) is 1. The highest BCUT2D eigenvalue weighted by atomic mass is 32.2. The maximum atomic E-state index is 12.9. The SMILES string of the molecule is CC#CC#CC#CC#CC#CC#CN(C)C(=O)CCC(=O)OCCOC(=O)C(CC)CC(CC(C)c1ccc(S(=O)(=O)O)cc1)C(=O)OCCO. The second-order valence-corrected chi connectivity index (χ2v) is 12.0. The van der Waals surface area contributed by atoms with Crippen LogP contribution >= 0.6 is 0 Å². The fourth-order valence-corrected chi connectivity index (χ4v) is 4.69. The van der Waals surface area contributed by atoms with E-state index >= 15 is 0 Å². The second kappa shape index (κ2) is 24.5. The summed E-state index contributed by atoms with van der Waals surface area (Å²) in [5, 5.41) is 9.10. The Morgan fingerprint density at radius 3 is 1.84 bits per heavy atom. The summed E-state index contributed by atoms with van der Waals surface area (Å²) in [5.74, 6) is 23.3. The first kappa shape index (κ1) is 43.4. The third-order valence-corrected chi connectivity index (χ3v) is 7.74. The predicted molar refractivity (Wildman–Crippen MR) is 185 cm³/mol. The van der Waals surface area contributed by atoms with Crippen molar-refractivity contribution >= 4 is 33.9 Å². The summed E-state index contributed by atoms with van der Waals surface area (Å²) in [4.78, 5) is 50.9. The van der Waals surface area contributed by atoms with Gasteiger partial charge in [0.15, 0.2) is 0 Å². The summed E-state index contributed by atoms with van der Waals surface area (Å²) >= 11 is 0. The van der Waals surface area contributed by atoms with Crippen molar-refractivity contribution in [1.82, 2.24) is 4.90 Å². The molecule has 12 nitrogen and oxygen atoms in total. The quantitative estimate of drug-likeness (QED) is 0.0605. The van der Waals surface area contributed by atoms with Crippen LogP contribution in [-0.4, -0.2) is 80.3 Å². The second-order valence-electron chi connectivity index (χ2n) is 10.6. The zero-order valence-electron chi connectivity index (χ0n) is 28.8. The van der Waals surface area contributed by atoms with Crippen LogP contribution in [0.25, 0.3) is 0 Å². The summed E-state index contributed by atoms with van der Waals surface area (Å²) in [6, 6.07) is 8.06. The zero-order chi connectivity index (χ0) is 38.1. The van der Waals surface area contributed by atoms with E-state index in [4.69, 9.17) is 19.3 Å². The predicted octanol–water partition coefficient (Wildman–Crippen LogP) is 2.32. The van der Waals surface area contributed by atoms with Crippen molar-refractivity contribution in [2.75, 3.05) is 33.5 Å². The average Bonchev–Trinajstić information content (AvgIpc) is 3.11. The number of aliphatic hydroxyl groups excluding tert-OH is 1. The number of aliphatic hydroxyl groups is 1. The van der Waals surface area contributed by atoms with Crippen LogP contribution in [0.2, 0.25) is 0 Å². The van der Waals surface area contributed by atoms with Gasteiger partial charge in [0.25, 0.3) is 10.1 Å². The third kappa shape index (κ3) is 18.6. The van der Waals surface area contributed by atoms with E-state index in [9.17, 15) is 32.1 Å². The van der Waals surface area contributed by atoms with Crippen molar-refractivity contribution in [2.24, 2.45) is 11.8 Å². The molecule has 1 aromatic carbocycles. The minimum atomic E-state index is -4.36. The molecule has 0 saturated carbocycles. The van der Waals surface area contributed by atoms with Gasteiger partial charge in [-0.25, -0.2) is 0 Å². The summed E-state index contributed by atoms with van der Waals surface area (Å²) in [5.41, 5.74) is 0.694. The first-order chi connectivity index (χ1) is 24.3. The van der Waals surface area contributed by atoms with E-state index in [2.05, 4.69) is 71.2 Å². The van der Waals surface area contributed by atoms with Gasteiger partial charge in [0.1, 0.15) is 19.8 Å². The van der Waals surface area contributed by atoms with E-state index in [1.54, 1.807) is 13.8 Å². The fourth-order valence-electron chi connectivity index (χ4n) is 4.21. The lowest BCUT2D eigenvalue weighted by Gasteiger charge is -2.23. The molecule has 3 atom stereocenters. The Hall–Kier alpha value is -5.67. The molecule has 0 heterocycles. The van der Waals surface area contributed by atoms with Gasteiger partial charge >= 0.3 is 17.9 Å². The number of esters is 3. The van der Waals surface area contributed by atoms with Crippen LogP contribution < -0.4 is 0 Å². The lowest BCUT2D eigenvalue weighted by Crippen LogP contribution is -2.28. The maximum Gasteiger partial charge on any atom is 0.309 e. The van der Waals surface area contributed by atoms with Crippen LogP contribution in [0.5, 0.6) is 0 Å². The summed E-state index contributed by atoms with van der Waals surface area (Å²) in [6.45, 7) is 4.13. The molecule has 0 bridgehead atoms. The topological polar surface area (TPSA) is 174 Å². The molecule has 0 spiro atoms. The highest BCUT2D eigenvalue weighted by Crippen LogP contribution is 2.30. The highest BCUT2D eigenvalue weighted by Gasteiger charge is 2.30. The Balaban J connectivity index is 2.60. The van der Waals surface area contributed by atoms with Gasteiger partial charge in [-0.05, 0) is 79.4 Å². The number of ether oxygens (including phenoxy) is 3. The molecule has 0 aliphatic rings. The number of rotatable bonds is 17. The molecule has 13 heteroatoms. The number of hydrogen-bond donors (Lipinski definition) is 2. The normalized spacial score (nSPS) is 11.3. The number of amides is 1. The molecule has 3 unspecified atom stereocenters. The van der Waals surface area contributed by atoms with Crippen molar-refractivity contribution in [3.63, 3.8) is 0 Å². The van der Waals surface area contributed by atoms with Crippen LogP contribution in [0.3, 0.4) is 0 Å². The standard InChI is InChI=1S/C38H39NO11S/c1-5-7-8-9-10-11-12-13-14-15-16-23-39(4)35(41)21-22-36(42)48-26-27-50-37(43)31(6-2)29-33(38(44)49-25-24-40)28-30(3)32-17-19-34(20-18-32)51(45,46)47/h17-20,30-31,33,40H,6,21-22,24-29H2,1-4H3,(H,45,46,47). The van der Waals surface area contributed by atoms with Crippen molar-refractivity contribution in [2.45, 2.75) is 63.7 Å². The fraction of sp³-hybridized carbons (Fsp3) is 0.421. The Labute approximate surface area is 299 Å². The van der Waals surface area contributed by atoms with Crippen LogP contribution in [-0.2, 0) is 43.5 Å². The molecule has 0 saturated heterocycles. The monoisotopic (exact) mass is 717 g/mol. The van der Waals surface area contributed by atoms with Crippen molar-refractivity contribution in [1.29, 1.82) is 0 Å². The molecule has 0 aliphatic heterocycles. The van der Waals surface area contributed by atoms with Crippen LogP contribution in [0.15, 0.2) is 29.2 Å². The van der Waals surface area contributed by atoms with E-state index in [0.29, 0.717) is 12.0 Å². The molecule has 0 radical (unpaired) electrons. The first-order valence-corrected chi connectivity index (χ1v) is 17.1. The van der Waals surface area contributed by atoms with Crippen LogP contribution in [0, 0.1) is 83.0 Å². The summed E-state index contributed by atoms with van der Waals surface area (Å²) < 4.78 is 47.5. The van der Waals surface area contributed by atoms with Gasteiger partial charge in [-0.1, -0.05) is 31.9 Å². The zero-order valence-corrected chi connectivity index (χ0v) is 29.6. The van der Waals surface area contributed by atoms with E-state index in [-0.39, 0.29) is 62.9 Å². The number of benzene rings is 1. The van der Waals surface area contributed by atoms with Gasteiger partial charge in [0.05, 0.1) is 29.8 Å². The van der Waals surface area contributed by atoms with Crippen molar-refractivity contribution in [3.8, 4) is 71.2 Å². The Bertz CT molecular complexity index is 1870. The maximum absolute atomic E-state index is 12.9. The lowest BCUT2D eigenvalue weighted by atomic mass is 9.84. The molecule has 268 valence electrons. The van der Waals surface area contributed by atoms with E-state index < -0.39 is 45.8 Å². The lowest BCUT2D eigenvalue weighted by molar-refractivity contribution is -0.157. The third-order valence-electron chi connectivity index (χ3n) is 6.87. The molecule has 51 heavy (non-hydrogen) atoms. The minimum Gasteiger partial charge on any atom is -0.463 e. The summed E-state index contributed by atoms with van der Waals surface area (Å²) in [6.07, 6.45) is 0.236. The van der Waals surface area contributed by atoms with E-state index in [0.717, 1.165) is 4.90 Å². The number of hydrogen-bond acceptors (Lipinski definition) is 10. The minimum absolute atomic E-state index is 0.0736. The van der Waals surface area contributed by atoms with E-state index in [1.165, 1.54) is 31.3 Å². The molecule has 1 rings (SSSR count). The van der Waals surface area contributed by atoms with Gasteiger partial charge in [-0.15, -0.1) is 0 Å². The number of carbonyl (C=O) groups is 4. The van der Waals surface area contributed by atoms with Gasteiger partial charge in [0.2, 0.25) is 5.91 Å². The van der Waals surface area contributed by atoms with Gasteiger partial charge in [-0.3, -0.25) is 28.6 Å². The molecule has 0 aliphatic carbocycles. The Morgan fingerprint density at radius 2 is 1.29 bits per heavy atom. The molecule has 1 aromatic rings. The summed E-state index contributed by atoms with van der Waals surface area (Å²) in [7, 11) is -2.95. The van der Waals surface area contributed by atoms with Gasteiger partial charge < -0.3 is 19.3 Å². The molecular formula is C38H39NO11S. The smallest absolute Gasteiger partial charge is 0.309 e. The van der Waals surface area contributed by atoms with Crippen LogP contribution in [0.4, 0.5) is 0 Å². The first-order valence-electron chi connectivity index (χ1n) is 15.7. The molecule has 0 aromatic heterocycles. The molecular weight excluding hydrogens is 678 g/mol.